The molecule has 31 heavy (non-hydrogen) atoms. The molecule has 2 saturated heterocycles. The zero-order chi connectivity index (χ0) is 22.0. The van der Waals surface area contributed by atoms with Gasteiger partial charge < -0.3 is 19.2 Å². The molecule has 2 aliphatic heterocycles. The number of carbonyl (C=O) groups excluding carboxylic acids is 2. The van der Waals surface area contributed by atoms with E-state index in [2.05, 4.69) is 14.9 Å². The lowest BCUT2D eigenvalue weighted by atomic mass is 9.99. The maximum atomic E-state index is 13.0. The Hall–Kier alpha value is -3.04. The van der Waals surface area contributed by atoms with Gasteiger partial charge in [-0.2, -0.15) is 0 Å². The van der Waals surface area contributed by atoms with Crippen LogP contribution in [0, 0.1) is 13.8 Å². The highest BCUT2D eigenvalue weighted by Crippen LogP contribution is 2.39. The standard InChI is InChI=1S/C22H26N4O5/c1-14-16(13-23-15(2)24-14)20(27)18-19(17-5-3-10-31-17)26(22(29)21(18)28)7-4-6-25-8-11-30-12-9-25/h3,5,10,13,19,27H,4,6-9,11-12H2,1-2H3/b20-18+/t19-/m1/s1. The molecule has 0 aliphatic carbocycles. The highest BCUT2D eigenvalue weighted by Gasteiger charge is 2.47. The number of nitrogens with zero attached hydrogens (tertiary/aromatic N) is 4. The Kier molecular flexibility index (Phi) is 6.15. The van der Waals surface area contributed by atoms with Crippen LogP contribution in [0.2, 0.25) is 0 Å². The van der Waals surface area contributed by atoms with Crippen LogP contribution in [0.25, 0.3) is 5.76 Å². The van der Waals surface area contributed by atoms with Crippen LogP contribution in [0.5, 0.6) is 0 Å². The fourth-order valence-electron chi connectivity index (χ4n) is 4.10. The summed E-state index contributed by atoms with van der Waals surface area (Å²) >= 11 is 0. The van der Waals surface area contributed by atoms with Crippen molar-refractivity contribution in [3.05, 3.63) is 53.0 Å². The van der Waals surface area contributed by atoms with Crippen molar-refractivity contribution in [3.8, 4) is 0 Å². The molecule has 164 valence electrons. The molecular formula is C22H26N4O5. The Morgan fingerprint density at radius 1 is 1.23 bits per heavy atom. The minimum absolute atomic E-state index is 0.00174. The summed E-state index contributed by atoms with van der Waals surface area (Å²) in [6.45, 7) is 7.75. The van der Waals surface area contributed by atoms with Crippen LogP contribution in [0.15, 0.2) is 34.6 Å². The van der Waals surface area contributed by atoms with Crippen molar-refractivity contribution >= 4 is 17.4 Å². The second-order valence-electron chi connectivity index (χ2n) is 7.73. The number of morpholine rings is 1. The molecule has 1 amide bonds. The number of aliphatic hydroxyl groups is 1. The number of hydrogen-bond donors (Lipinski definition) is 1. The molecule has 4 heterocycles. The summed E-state index contributed by atoms with van der Waals surface area (Å²) < 4.78 is 10.9. The quantitative estimate of drug-likeness (QED) is 0.423. The van der Waals surface area contributed by atoms with Gasteiger partial charge in [0.1, 0.15) is 23.4 Å². The maximum Gasteiger partial charge on any atom is 0.295 e. The number of aliphatic hydroxyl groups excluding tert-OH is 1. The number of furan rings is 1. The molecule has 1 N–H and O–H groups in total. The van der Waals surface area contributed by atoms with E-state index in [9.17, 15) is 14.7 Å². The van der Waals surface area contributed by atoms with E-state index in [0.717, 1.165) is 19.6 Å². The van der Waals surface area contributed by atoms with E-state index in [0.29, 0.717) is 49.0 Å². The predicted octanol–water partition coefficient (Wildman–Crippen LogP) is 1.83. The van der Waals surface area contributed by atoms with Gasteiger partial charge in [0.25, 0.3) is 11.7 Å². The maximum absolute atomic E-state index is 13.0. The lowest BCUT2D eigenvalue weighted by Crippen LogP contribution is -2.38. The van der Waals surface area contributed by atoms with E-state index < -0.39 is 17.7 Å². The molecule has 1 atom stereocenters. The van der Waals surface area contributed by atoms with Crippen molar-refractivity contribution in [2.75, 3.05) is 39.4 Å². The number of likely N-dealkylation sites (tertiary alicyclic amines) is 1. The van der Waals surface area contributed by atoms with Crippen LogP contribution >= 0.6 is 0 Å². The zero-order valence-electron chi connectivity index (χ0n) is 17.7. The van der Waals surface area contributed by atoms with Gasteiger partial charge in [-0.25, -0.2) is 9.97 Å². The van der Waals surface area contributed by atoms with Crippen LogP contribution in [0.1, 0.15) is 35.3 Å². The van der Waals surface area contributed by atoms with Gasteiger partial charge >= 0.3 is 0 Å². The average molecular weight is 426 g/mol. The fraction of sp³-hybridized carbons (Fsp3) is 0.455. The molecule has 0 radical (unpaired) electrons. The summed E-state index contributed by atoms with van der Waals surface area (Å²) in [6.07, 6.45) is 3.65. The predicted molar refractivity (Wildman–Crippen MR) is 111 cm³/mol. The number of carbonyl (C=O) groups is 2. The molecule has 0 bridgehead atoms. The average Bonchev–Trinajstić information content (AvgIpc) is 3.37. The van der Waals surface area contributed by atoms with Gasteiger partial charge in [-0.1, -0.05) is 0 Å². The van der Waals surface area contributed by atoms with Gasteiger partial charge in [0.15, 0.2) is 0 Å². The first-order valence-electron chi connectivity index (χ1n) is 10.4. The molecule has 2 aromatic rings. The number of ketones is 1. The number of Topliss-reactive ketones (excluding diaryl/α,β-unsaturated/α-hetero) is 1. The van der Waals surface area contributed by atoms with E-state index in [1.807, 2.05) is 0 Å². The molecular weight excluding hydrogens is 400 g/mol. The van der Waals surface area contributed by atoms with Gasteiger partial charge in [-0.3, -0.25) is 14.5 Å². The normalized spacial score (nSPS) is 21.7. The van der Waals surface area contributed by atoms with E-state index in [1.165, 1.54) is 17.4 Å². The second kappa shape index (κ2) is 8.99. The molecule has 0 unspecified atom stereocenters. The Balaban J connectivity index is 1.64. The summed E-state index contributed by atoms with van der Waals surface area (Å²) in [7, 11) is 0. The Morgan fingerprint density at radius 3 is 2.68 bits per heavy atom. The highest BCUT2D eigenvalue weighted by atomic mass is 16.5. The van der Waals surface area contributed by atoms with Crippen LogP contribution < -0.4 is 0 Å². The first-order valence-corrected chi connectivity index (χ1v) is 10.4. The third-order valence-electron chi connectivity index (χ3n) is 5.68. The number of aryl methyl sites for hydroxylation is 2. The minimum atomic E-state index is -0.791. The SMILES string of the molecule is Cc1ncc(/C(O)=C2\C(=O)C(=O)N(CCCN3CCOCC3)[C@@H]2c2ccco2)c(C)n1. The summed E-state index contributed by atoms with van der Waals surface area (Å²) in [5, 5.41) is 11.0. The molecule has 4 rings (SSSR count). The van der Waals surface area contributed by atoms with Crippen molar-refractivity contribution < 1.29 is 23.8 Å². The number of hydrogen-bond acceptors (Lipinski definition) is 8. The van der Waals surface area contributed by atoms with E-state index in [1.54, 1.807) is 26.0 Å². The second-order valence-corrected chi connectivity index (χ2v) is 7.73. The fourth-order valence-corrected chi connectivity index (χ4v) is 4.10. The number of rotatable bonds is 6. The topological polar surface area (TPSA) is 109 Å². The molecule has 2 aliphatic rings. The van der Waals surface area contributed by atoms with Crippen LogP contribution in [-0.4, -0.2) is 76.0 Å². The van der Waals surface area contributed by atoms with Crippen molar-refractivity contribution in [1.29, 1.82) is 0 Å². The van der Waals surface area contributed by atoms with Crippen molar-refractivity contribution in [2.24, 2.45) is 0 Å². The van der Waals surface area contributed by atoms with Gasteiger partial charge in [-0.15, -0.1) is 0 Å². The lowest BCUT2D eigenvalue weighted by molar-refractivity contribution is -0.140. The summed E-state index contributed by atoms with van der Waals surface area (Å²) in [6, 6.07) is 2.61. The van der Waals surface area contributed by atoms with Crippen molar-refractivity contribution in [2.45, 2.75) is 26.3 Å². The molecule has 0 aromatic carbocycles. The first kappa shape index (κ1) is 21.2. The van der Waals surface area contributed by atoms with E-state index in [-0.39, 0.29) is 11.3 Å². The monoisotopic (exact) mass is 426 g/mol. The van der Waals surface area contributed by atoms with Crippen molar-refractivity contribution in [1.82, 2.24) is 19.8 Å². The molecule has 2 aromatic heterocycles. The van der Waals surface area contributed by atoms with Crippen LogP contribution in [0.4, 0.5) is 0 Å². The smallest absolute Gasteiger partial charge is 0.295 e. The van der Waals surface area contributed by atoms with Gasteiger partial charge in [0.2, 0.25) is 0 Å². The van der Waals surface area contributed by atoms with Crippen LogP contribution in [-0.2, 0) is 14.3 Å². The largest absolute Gasteiger partial charge is 0.507 e. The highest BCUT2D eigenvalue weighted by molar-refractivity contribution is 6.46. The summed E-state index contributed by atoms with van der Waals surface area (Å²) in [5.41, 5.74) is 0.858. The third kappa shape index (κ3) is 4.24. The Bertz CT molecular complexity index is 995. The zero-order valence-corrected chi connectivity index (χ0v) is 17.7. The number of ether oxygens (including phenoxy) is 1. The molecule has 0 saturated carbocycles. The van der Waals surface area contributed by atoms with Gasteiger partial charge in [-0.05, 0) is 32.4 Å². The molecule has 0 spiro atoms. The van der Waals surface area contributed by atoms with Crippen LogP contribution in [0.3, 0.4) is 0 Å². The van der Waals surface area contributed by atoms with E-state index in [4.69, 9.17) is 9.15 Å². The summed E-state index contributed by atoms with van der Waals surface area (Å²) in [4.78, 5) is 38.0. The Labute approximate surface area is 180 Å². The first-order chi connectivity index (χ1) is 15.0. The number of amides is 1. The van der Waals surface area contributed by atoms with Gasteiger partial charge in [0, 0.05) is 32.4 Å². The minimum Gasteiger partial charge on any atom is -0.507 e. The molecule has 2 fully saturated rings. The number of aromatic nitrogens is 2. The molecule has 9 nitrogen and oxygen atoms in total. The molecule has 9 heteroatoms. The van der Waals surface area contributed by atoms with E-state index >= 15 is 0 Å². The summed E-state index contributed by atoms with van der Waals surface area (Å²) in [5.74, 6) is -0.674. The lowest BCUT2D eigenvalue weighted by Gasteiger charge is -2.28. The Morgan fingerprint density at radius 2 is 2.00 bits per heavy atom. The van der Waals surface area contributed by atoms with Gasteiger partial charge in [0.05, 0.1) is 36.3 Å². The third-order valence-corrected chi connectivity index (χ3v) is 5.68. The van der Waals surface area contributed by atoms with Crippen molar-refractivity contribution in [3.63, 3.8) is 0 Å².